The lowest BCUT2D eigenvalue weighted by atomic mass is 9.83. The van der Waals surface area contributed by atoms with E-state index in [0.29, 0.717) is 31.6 Å². The normalized spacial score (nSPS) is 25.3. The summed E-state index contributed by atoms with van der Waals surface area (Å²) in [6.07, 6.45) is 5.01. The van der Waals surface area contributed by atoms with Crippen molar-refractivity contribution in [1.82, 2.24) is 9.55 Å². The number of anilines is 1. The maximum absolute atomic E-state index is 14.8. The number of aromatic nitrogens is 2. The minimum atomic E-state index is -0.650. The number of hydrogen-bond donors (Lipinski definition) is 1. The lowest BCUT2D eigenvalue weighted by Crippen LogP contribution is -2.40. The van der Waals surface area contributed by atoms with Crippen LogP contribution in [-0.4, -0.2) is 32.8 Å². The molecule has 1 saturated heterocycles. The van der Waals surface area contributed by atoms with Crippen LogP contribution in [0.2, 0.25) is 0 Å². The number of rotatable bonds is 5. The van der Waals surface area contributed by atoms with E-state index in [4.69, 9.17) is 9.72 Å². The molecular formula is C27H31BrFN3O3. The number of aliphatic hydroxyl groups is 1. The Labute approximate surface area is 213 Å². The third kappa shape index (κ3) is 4.70. The number of carbonyl (C=O) groups is 1. The van der Waals surface area contributed by atoms with Crippen molar-refractivity contribution in [2.45, 2.75) is 76.5 Å². The minimum absolute atomic E-state index is 0.0313. The fourth-order valence-electron chi connectivity index (χ4n) is 5.54. The Morgan fingerprint density at radius 2 is 1.97 bits per heavy atom. The third-order valence-corrected chi connectivity index (χ3v) is 7.81. The second-order valence-corrected chi connectivity index (χ2v) is 10.8. The number of benzene rings is 2. The number of piperidine rings is 1. The zero-order valence-electron chi connectivity index (χ0n) is 20.1. The number of carbonyl (C=O) groups excluding carboxylic acids is 1. The van der Waals surface area contributed by atoms with E-state index in [1.165, 1.54) is 6.07 Å². The van der Waals surface area contributed by atoms with Gasteiger partial charge in [-0.2, -0.15) is 0 Å². The molecule has 1 saturated carbocycles. The van der Waals surface area contributed by atoms with Gasteiger partial charge in [0.1, 0.15) is 5.82 Å². The average molecular weight is 544 g/mol. The zero-order valence-corrected chi connectivity index (χ0v) is 21.7. The van der Waals surface area contributed by atoms with Gasteiger partial charge in [0.25, 0.3) is 0 Å². The molecule has 0 radical (unpaired) electrons. The topological polar surface area (TPSA) is 67.6 Å². The minimum Gasteiger partial charge on any atom is -0.491 e. The predicted octanol–water partition coefficient (Wildman–Crippen LogP) is 6.46. The van der Waals surface area contributed by atoms with E-state index in [0.717, 1.165) is 47.0 Å². The van der Waals surface area contributed by atoms with Crippen molar-refractivity contribution in [2.75, 3.05) is 11.5 Å². The van der Waals surface area contributed by atoms with Crippen molar-refractivity contribution in [3.63, 3.8) is 0 Å². The van der Waals surface area contributed by atoms with Gasteiger partial charge >= 0.3 is 0 Å². The fourth-order valence-corrected chi connectivity index (χ4v) is 5.89. The van der Waals surface area contributed by atoms with Crippen LogP contribution in [0.15, 0.2) is 40.9 Å². The van der Waals surface area contributed by atoms with Crippen LogP contribution in [0.25, 0.3) is 11.0 Å². The molecule has 0 spiro atoms. The Bertz CT molecular complexity index is 1250. The van der Waals surface area contributed by atoms with Crippen LogP contribution in [0.5, 0.6) is 5.75 Å². The molecule has 1 amide bonds. The summed E-state index contributed by atoms with van der Waals surface area (Å²) in [5, 5.41) is 10.5. The summed E-state index contributed by atoms with van der Waals surface area (Å²) in [6.45, 7) is 4.08. The lowest BCUT2D eigenvalue weighted by molar-refractivity contribution is -0.120. The van der Waals surface area contributed by atoms with E-state index in [1.54, 1.807) is 17.0 Å². The summed E-state index contributed by atoms with van der Waals surface area (Å²) < 4.78 is 23.4. The molecule has 2 aliphatic rings. The Morgan fingerprint density at radius 3 is 2.69 bits per heavy atom. The smallest absolute Gasteiger partial charge is 0.227 e. The number of hydrogen-bond acceptors (Lipinski definition) is 4. The predicted molar refractivity (Wildman–Crippen MR) is 137 cm³/mol. The molecule has 5 rings (SSSR count). The standard InChI is InChI=1S/C27H31BrFN3O3/c1-3-35-24-10-8-19(16-20(24)29)31-23(5-4-6-25(31)33)26-30-21-15-17(28)7-9-22(21)32(26)18-11-13-27(2,34)14-12-18/h7-10,15-16,18,23,34H,3-6,11-14H2,1-2H3/t18-,23-,27+/m0/s1. The fraction of sp³-hybridized carbons (Fsp3) is 0.481. The third-order valence-electron chi connectivity index (χ3n) is 7.32. The maximum Gasteiger partial charge on any atom is 0.227 e. The highest BCUT2D eigenvalue weighted by Gasteiger charge is 2.37. The quantitative estimate of drug-likeness (QED) is 0.400. The zero-order chi connectivity index (χ0) is 24.7. The molecule has 1 atom stereocenters. The van der Waals surface area contributed by atoms with E-state index < -0.39 is 11.4 Å². The molecule has 35 heavy (non-hydrogen) atoms. The summed E-state index contributed by atoms with van der Waals surface area (Å²) >= 11 is 3.56. The number of nitrogens with zero attached hydrogens (tertiary/aromatic N) is 3. The molecule has 0 bridgehead atoms. The number of ether oxygens (including phenoxy) is 1. The van der Waals surface area contributed by atoms with Crippen molar-refractivity contribution in [3.05, 3.63) is 52.5 Å². The van der Waals surface area contributed by atoms with Gasteiger partial charge in [-0.3, -0.25) is 4.79 Å². The molecule has 2 fully saturated rings. The monoisotopic (exact) mass is 543 g/mol. The number of amides is 1. The summed E-state index contributed by atoms with van der Waals surface area (Å²) in [5.41, 5.74) is 1.75. The van der Waals surface area contributed by atoms with Gasteiger partial charge in [0.2, 0.25) is 5.91 Å². The molecule has 1 N–H and O–H groups in total. The first-order valence-corrected chi connectivity index (χ1v) is 13.2. The van der Waals surface area contributed by atoms with E-state index in [-0.39, 0.29) is 23.7 Å². The van der Waals surface area contributed by atoms with Crippen LogP contribution < -0.4 is 9.64 Å². The number of halogens is 2. The first-order chi connectivity index (χ1) is 16.8. The maximum atomic E-state index is 14.8. The summed E-state index contributed by atoms with van der Waals surface area (Å²) in [7, 11) is 0. The van der Waals surface area contributed by atoms with Gasteiger partial charge in [0.15, 0.2) is 11.6 Å². The van der Waals surface area contributed by atoms with Gasteiger partial charge in [0, 0.05) is 28.7 Å². The second kappa shape index (κ2) is 9.54. The van der Waals surface area contributed by atoms with Crippen LogP contribution in [0.1, 0.15) is 76.7 Å². The molecule has 0 unspecified atom stereocenters. The molecule has 2 aromatic carbocycles. The van der Waals surface area contributed by atoms with Crippen molar-refractivity contribution < 1.29 is 19.0 Å². The van der Waals surface area contributed by atoms with Gasteiger partial charge in [-0.05, 0) is 82.7 Å². The van der Waals surface area contributed by atoms with Crippen molar-refractivity contribution >= 4 is 38.6 Å². The summed E-state index contributed by atoms with van der Waals surface area (Å²) in [4.78, 5) is 20.0. The Kier molecular flexibility index (Phi) is 6.61. The molecule has 8 heteroatoms. The van der Waals surface area contributed by atoms with E-state index in [2.05, 4.69) is 26.6 Å². The number of fused-ring (bicyclic) bond motifs is 1. The van der Waals surface area contributed by atoms with Crippen LogP contribution in [0.3, 0.4) is 0 Å². The lowest BCUT2D eigenvalue weighted by Gasteiger charge is -2.38. The van der Waals surface area contributed by atoms with Gasteiger partial charge in [0.05, 0.1) is 29.3 Å². The largest absolute Gasteiger partial charge is 0.491 e. The van der Waals surface area contributed by atoms with Crippen molar-refractivity contribution in [2.24, 2.45) is 0 Å². The average Bonchev–Trinajstić information content (AvgIpc) is 3.19. The first kappa shape index (κ1) is 24.3. The molecule has 1 aromatic heterocycles. The Morgan fingerprint density at radius 1 is 1.20 bits per heavy atom. The van der Waals surface area contributed by atoms with Crippen LogP contribution in [0, 0.1) is 5.82 Å². The van der Waals surface area contributed by atoms with E-state index >= 15 is 0 Å². The molecule has 3 aromatic rings. The van der Waals surface area contributed by atoms with Gasteiger partial charge < -0.3 is 19.3 Å². The number of imidazole rings is 1. The molecule has 186 valence electrons. The molecular weight excluding hydrogens is 513 g/mol. The van der Waals surface area contributed by atoms with Gasteiger partial charge in [-0.1, -0.05) is 15.9 Å². The highest BCUT2D eigenvalue weighted by Crippen LogP contribution is 2.42. The molecule has 1 aliphatic heterocycles. The summed E-state index contributed by atoms with van der Waals surface area (Å²) in [5.74, 6) is 0.500. The van der Waals surface area contributed by atoms with Crippen molar-refractivity contribution in [1.29, 1.82) is 0 Å². The van der Waals surface area contributed by atoms with Gasteiger partial charge in [-0.25, -0.2) is 9.37 Å². The van der Waals surface area contributed by atoms with Crippen LogP contribution >= 0.6 is 15.9 Å². The SMILES string of the molecule is CCOc1ccc(N2C(=O)CCC[C@H]2c2nc3cc(Br)ccc3n2[C@H]2CC[C@@](C)(O)CC2)cc1F. The summed E-state index contributed by atoms with van der Waals surface area (Å²) in [6, 6.07) is 10.7. The van der Waals surface area contributed by atoms with Gasteiger partial charge in [-0.15, -0.1) is 0 Å². The Balaban J connectivity index is 1.61. The Hall–Kier alpha value is -2.45. The molecule has 2 heterocycles. The highest BCUT2D eigenvalue weighted by atomic mass is 79.9. The second-order valence-electron chi connectivity index (χ2n) is 9.92. The molecule has 6 nitrogen and oxygen atoms in total. The van der Waals surface area contributed by atoms with Crippen LogP contribution in [0.4, 0.5) is 10.1 Å². The first-order valence-electron chi connectivity index (χ1n) is 12.4. The molecule has 1 aliphatic carbocycles. The van der Waals surface area contributed by atoms with E-state index in [9.17, 15) is 14.3 Å². The van der Waals surface area contributed by atoms with Crippen LogP contribution in [-0.2, 0) is 4.79 Å². The van der Waals surface area contributed by atoms with Crippen molar-refractivity contribution in [3.8, 4) is 5.75 Å². The van der Waals surface area contributed by atoms with E-state index in [1.807, 2.05) is 26.0 Å². The highest BCUT2D eigenvalue weighted by molar-refractivity contribution is 9.10.